The summed E-state index contributed by atoms with van der Waals surface area (Å²) in [6.45, 7) is 3.19. The maximum Gasteiger partial charge on any atom is 0.0802 e. The van der Waals surface area contributed by atoms with E-state index in [9.17, 15) is 0 Å². The van der Waals surface area contributed by atoms with E-state index in [1.807, 2.05) is 0 Å². The maximum absolute atomic E-state index is 5.44. The summed E-state index contributed by atoms with van der Waals surface area (Å²) >= 11 is 0. The Hall–Kier alpha value is -3.60. The predicted molar refractivity (Wildman–Crippen MR) is 99.8 cm³/mol. The average molecular weight is 324 g/mol. The summed E-state index contributed by atoms with van der Waals surface area (Å²) in [6, 6.07) is 0. The van der Waals surface area contributed by atoms with Crippen molar-refractivity contribution < 1.29 is 9.47 Å². The summed E-state index contributed by atoms with van der Waals surface area (Å²) in [5.41, 5.74) is 0. The van der Waals surface area contributed by atoms with Gasteiger partial charge in [-0.1, -0.05) is 12.8 Å². The third kappa shape index (κ3) is 16.6. The normalized spacial score (nSPS) is 7.72. The van der Waals surface area contributed by atoms with Crippen molar-refractivity contribution in [1.82, 2.24) is 0 Å². The molecule has 0 amide bonds. The molecule has 1 atom stereocenters. The molecule has 2 heteroatoms. The molecule has 1 unspecified atom stereocenters. The van der Waals surface area contributed by atoms with E-state index < -0.39 is 0 Å². The third-order valence-electron chi connectivity index (χ3n) is 2.37. The first kappa shape index (κ1) is 21.4. The highest BCUT2D eigenvalue weighted by Crippen LogP contribution is 1.96. The van der Waals surface area contributed by atoms with Gasteiger partial charge in [-0.05, 0) is 89.3 Å². The van der Waals surface area contributed by atoms with Gasteiger partial charge in [-0.25, -0.2) is 0 Å². The Bertz CT molecular complexity index is 877. The Morgan fingerprint density at radius 1 is 0.760 bits per heavy atom. The van der Waals surface area contributed by atoms with E-state index in [-0.39, 0.29) is 6.10 Å². The van der Waals surface area contributed by atoms with Crippen LogP contribution in [0.5, 0.6) is 0 Å². The summed E-state index contributed by atoms with van der Waals surface area (Å²) in [7, 11) is 1.68. The van der Waals surface area contributed by atoms with Gasteiger partial charge >= 0.3 is 0 Å². The van der Waals surface area contributed by atoms with Crippen LogP contribution in [0.2, 0.25) is 0 Å². The molecule has 0 saturated heterocycles. The van der Waals surface area contributed by atoms with Crippen molar-refractivity contribution in [2.45, 2.75) is 25.9 Å². The number of hydrogen-bond donors (Lipinski definition) is 0. The Morgan fingerprint density at radius 3 is 1.68 bits per heavy atom. The van der Waals surface area contributed by atoms with Crippen molar-refractivity contribution in [2.75, 3.05) is 20.3 Å². The predicted octanol–water partition coefficient (Wildman–Crippen LogP) is 1.48. The Balaban J connectivity index is 4.03. The highest BCUT2D eigenvalue weighted by molar-refractivity contribution is 5.45. The van der Waals surface area contributed by atoms with Gasteiger partial charge < -0.3 is 9.47 Å². The van der Waals surface area contributed by atoms with Gasteiger partial charge in [-0.15, -0.1) is 6.42 Å². The molecule has 2 nitrogen and oxygen atoms in total. The van der Waals surface area contributed by atoms with E-state index in [0.29, 0.717) is 19.6 Å². The van der Waals surface area contributed by atoms with Gasteiger partial charge in [0.15, 0.2) is 0 Å². The minimum Gasteiger partial charge on any atom is -0.379 e. The van der Waals surface area contributed by atoms with E-state index in [2.05, 4.69) is 95.7 Å². The van der Waals surface area contributed by atoms with Gasteiger partial charge in [0.05, 0.1) is 19.3 Å². The summed E-state index contributed by atoms with van der Waals surface area (Å²) in [5, 5.41) is 0. The first-order valence-electron chi connectivity index (χ1n) is 7.39. The Morgan fingerprint density at radius 2 is 1.24 bits per heavy atom. The van der Waals surface area contributed by atoms with Crippen molar-refractivity contribution in [3.05, 3.63) is 0 Å². The molecule has 0 aromatic rings. The van der Waals surface area contributed by atoms with Crippen LogP contribution in [0, 0.1) is 95.2 Å². The molecule has 0 aromatic carbocycles. The highest BCUT2D eigenvalue weighted by atomic mass is 16.5. The average Bonchev–Trinajstić information content (AvgIpc) is 2.64. The second-order valence-electron chi connectivity index (χ2n) is 4.04. The topological polar surface area (TPSA) is 18.5 Å². The fourth-order valence-corrected chi connectivity index (χ4v) is 1.18. The number of hydrogen-bond acceptors (Lipinski definition) is 2. The zero-order chi connectivity index (χ0) is 18.4. The molecule has 0 saturated carbocycles. The minimum absolute atomic E-state index is 0.142. The molecule has 0 aliphatic carbocycles. The molecule has 0 bridgehead atoms. The molecule has 0 fully saturated rings. The van der Waals surface area contributed by atoms with Crippen LogP contribution in [0.3, 0.4) is 0 Å². The zero-order valence-electron chi connectivity index (χ0n) is 14.3. The van der Waals surface area contributed by atoms with Crippen molar-refractivity contribution in [2.24, 2.45) is 0 Å². The molecule has 0 aliphatic rings. The Labute approximate surface area is 151 Å². The molecule has 0 aliphatic heterocycles. The van der Waals surface area contributed by atoms with Gasteiger partial charge in [-0.2, -0.15) is 0 Å². The molecule has 25 heavy (non-hydrogen) atoms. The van der Waals surface area contributed by atoms with E-state index in [1.165, 1.54) is 0 Å². The highest BCUT2D eigenvalue weighted by Gasteiger charge is 2.02. The largest absolute Gasteiger partial charge is 0.379 e. The number of ether oxygens (including phenoxy) is 2. The van der Waals surface area contributed by atoms with Crippen LogP contribution in [0.4, 0.5) is 0 Å². The third-order valence-corrected chi connectivity index (χ3v) is 2.37. The smallest absolute Gasteiger partial charge is 0.0802 e. The summed E-state index contributed by atoms with van der Waals surface area (Å²) < 4.78 is 10.6. The molecule has 0 rings (SSSR count). The molecular weight excluding hydrogens is 308 g/mol. The van der Waals surface area contributed by atoms with Crippen molar-refractivity contribution >= 4 is 0 Å². The first-order valence-corrected chi connectivity index (χ1v) is 7.39. The van der Waals surface area contributed by atoms with Crippen LogP contribution in [-0.2, 0) is 9.47 Å². The minimum atomic E-state index is 0.142. The molecule has 0 aromatic heterocycles. The quantitative estimate of drug-likeness (QED) is 0.544. The molecular formula is C23H16O2. The lowest BCUT2D eigenvalue weighted by Crippen LogP contribution is -2.17. The lowest BCUT2D eigenvalue weighted by molar-refractivity contribution is 0.00868. The number of rotatable bonds is 6. The first-order chi connectivity index (χ1) is 12.3. The molecule has 0 radical (unpaired) electrons. The lowest BCUT2D eigenvalue weighted by Gasteiger charge is -2.11. The summed E-state index contributed by atoms with van der Waals surface area (Å²) in [4.78, 5) is 0. The standard InChI is InChI=1S/C23H16O2/c1-4-6-7-8-9-10-11-12-13-14-15-16-17-18-19-20-21-25-22-23(5-2)24-3/h1,23H,5,20-22H2,2-3H3. The van der Waals surface area contributed by atoms with Crippen LogP contribution < -0.4 is 0 Å². The van der Waals surface area contributed by atoms with Crippen LogP contribution in [0.25, 0.3) is 0 Å². The Kier molecular flexibility index (Phi) is 15.8. The van der Waals surface area contributed by atoms with E-state index in [1.54, 1.807) is 7.11 Å². The molecule has 120 valence electrons. The molecule has 0 heterocycles. The number of methoxy groups -OCH3 is 1. The second kappa shape index (κ2) is 18.4. The SMILES string of the molecule is C#CC#CC#CC#CC#CC#CC#CC#CCCOCC(CC)OC. The van der Waals surface area contributed by atoms with Crippen LogP contribution in [0.15, 0.2) is 0 Å². The zero-order valence-corrected chi connectivity index (χ0v) is 14.3. The van der Waals surface area contributed by atoms with E-state index in [4.69, 9.17) is 15.9 Å². The monoisotopic (exact) mass is 324 g/mol. The van der Waals surface area contributed by atoms with Crippen LogP contribution in [-0.4, -0.2) is 26.4 Å². The van der Waals surface area contributed by atoms with Gasteiger partial charge in [0.25, 0.3) is 0 Å². The summed E-state index contributed by atoms with van der Waals surface area (Å²) in [5.74, 6) is 37.7. The second-order valence-corrected chi connectivity index (χ2v) is 4.04. The van der Waals surface area contributed by atoms with Crippen molar-refractivity contribution in [3.63, 3.8) is 0 Å². The van der Waals surface area contributed by atoms with Crippen molar-refractivity contribution in [1.29, 1.82) is 0 Å². The number of terminal acetylenes is 1. The molecule has 0 spiro atoms. The van der Waals surface area contributed by atoms with Gasteiger partial charge in [-0.3, -0.25) is 0 Å². The van der Waals surface area contributed by atoms with Crippen molar-refractivity contribution in [3.8, 4) is 95.2 Å². The lowest BCUT2D eigenvalue weighted by atomic mass is 10.3. The van der Waals surface area contributed by atoms with Gasteiger partial charge in [0.2, 0.25) is 0 Å². The van der Waals surface area contributed by atoms with Crippen LogP contribution >= 0.6 is 0 Å². The van der Waals surface area contributed by atoms with Crippen LogP contribution in [0.1, 0.15) is 19.8 Å². The summed E-state index contributed by atoms with van der Waals surface area (Å²) in [6.07, 6.45) is 6.60. The fourth-order valence-electron chi connectivity index (χ4n) is 1.18. The van der Waals surface area contributed by atoms with E-state index in [0.717, 1.165) is 6.42 Å². The van der Waals surface area contributed by atoms with Gasteiger partial charge in [0, 0.05) is 13.5 Å². The maximum atomic E-state index is 5.44. The van der Waals surface area contributed by atoms with Gasteiger partial charge in [0.1, 0.15) is 0 Å². The molecule has 0 N–H and O–H groups in total. The fraction of sp³-hybridized carbons (Fsp3) is 0.304. The van der Waals surface area contributed by atoms with E-state index >= 15 is 0 Å².